The van der Waals surface area contributed by atoms with Crippen molar-refractivity contribution >= 4 is 11.4 Å². The fourth-order valence-electron chi connectivity index (χ4n) is 5.16. The van der Waals surface area contributed by atoms with E-state index in [0.29, 0.717) is 6.04 Å². The van der Waals surface area contributed by atoms with Gasteiger partial charge in [0.25, 0.3) is 5.69 Å². The maximum absolute atomic E-state index is 13.7. The largest absolute Gasteiger partial charge is 0.369 e. The molecule has 0 radical (unpaired) electrons. The third kappa shape index (κ3) is 4.63. The van der Waals surface area contributed by atoms with E-state index in [0.717, 1.165) is 56.1 Å². The van der Waals surface area contributed by atoms with Crippen LogP contribution in [-0.4, -0.2) is 56.2 Å². The summed E-state index contributed by atoms with van der Waals surface area (Å²) in [4.78, 5) is 15.2. The topological polar surface area (TPSA) is 93.2 Å². The summed E-state index contributed by atoms with van der Waals surface area (Å²) in [5.41, 5.74) is 2.03. The number of aromatic nitrogens is 4. The summed E-state index contributed by atoms with van der Waals surface area (Å²) in [7, 11) is 0. The number of anilines is 1. The molecule has 0 bridgehead atoms. The van der Waals surface area contributed by atoms with Gasteiger partial charge in [-0.2, -0.15) is 0 Å². The summed E-state index contributed by atoms with van der Waals surface area (Å²) in [5, 5.41) is 23.8. The summed E-state index contributed by atoms with van der Waals surface area (Å²) < 4.78 is 15.7. The lowest BCUT2D eigenvalue weighted by molar-refractivity contribution is -0.384. The SMILES string of the molecule is O=[N+]([O-])c1ccc(N2CCN([C@H](c3ccc(F)cc3)c3nnnn3C3CCCCC3)CC2)cc1. The quantitative estimate of drug-likeness (QED) is 0.399. The van der Waals surface area contributed by atoms with Crippen molar-refractivity contribution in [2.24, 2.45) is 0 Å². The number of tetrazole rings is 1. The minimum atomic E-state index is -0.383. The first kappa shape index (κ1) is 22.4. The van der Waals surface area contributed by atoms with Crippen molar-refractivity contribution in [3.8, 4) is 0 Å². The van der Waals surface area contributed by atoms with Gasteiger partial charge in [0.1, 0.15) is 5.82 Å². The summed E-state index contributed by atoms with van der Waals surface area (Å²) >= 11 is 0. The van der Waals surface area contributed by atoms with Gasteiger partial charge in [-0.15, -0.1) is 5.10 Å². The van der Waals surface area contributed by atoms with Gasteiger partial charge in [-0.25, -0.2) is 9.07 Å². The van der Waals surface area contributed by atoms with Gasteiger partial charge in [0, 0.05) is 44.0 Å². The first-order valence-corrected chi connectivity index (χ1v) is 11.9. The number of hydrogen-bond acceptors (Lipinski definition) is 7. The first-order chi connectivity index (χ1) is 16.6. The number of rotatable bonds is 6. The Morgan fingerprint density at radius 3 is 2.26 bits per heavy atom. The molecular formula is C24H28FN7O2. The Bertz CT molecular complexity index is 1110. The molecule has 2 fully saturated rings. The average molecular weight is 466 g/mol. The van der Waals surface area contributed by atoms with E-state index in [1.807, 2.05) is 16.8 Å². The molecule has 5 rings (SSSR count). The molecular weight excluding hydrogens is 437 g/mol. The van der Waals surface area contributed by atoms with Crippen LogP contribution < -0.4 is 4.90 Å². The van der Waals surface area contributed by atoms with Crippen LogP contribution in [0.4, 0.5) is 15.8 Å². The molecule has 0 N–H and O–H groups in total. The highest BCUT2D eigenvalue weighted by molar-refractivity contribution is 5.51. The predicted molar refractivity (Wildman–Crippen MR) is 125 cm³/mol. The van der Waals surface area contributed by atoms with Crippen molar-refractivity contribution in [3.63, 3.8) is 0 Å². The summed E-state index contributed by atoms with van der Waals surface area (Å²) in [6.45, 7) is 3.05. The lowest BCUT2D eigenvalue weighted by atomic mass is 9.95. The van der Waals surface area contributed by atoms with Crippen molar-refractivity contribution in [2.45, 2.75) is 44.2 Å². The number of nitro groups is 1. The number of non-ortho nitro benzene ring substituents is 1. The number of nitro benzene ring substituents is 1. The smallest absolute Gasteiger partial charge is 0.269 e. The molecule has 0 spiro atoms. The monoisotopic (exact) mass is 465 g/mol. The van der Waals surface area contributed by atoms with Crippen molar-refractivity contribution in [2.75, 3.05) is 31.1 Å². The van der Waals surface area contributed by atoms with E-state index in [1.54, 1.807) is 24.3 Å². The molecule has 178 valence electrons. The second-order valence-corrected chi connectivity index (χ2v) is 9.02. The Morgan fingerprint density at radius 1 is 0.941 bits per heavy atom. The van der Waals surface area contributed by atoms with Crippen molar-refractivity contribution in [1.82, 2.24) is 25.1 Å². The fourth-order valence-corrected chi connectivity index (χ4v) is 5.16. The maximum Gasteiger partial charge on any atom is 0.269 e. The molecule has 10 heteroatoms. The Labute approximate surface area is 197 Å². The molecule has 1 aromatic heterocycles. The predicted octanol–water partition coefficient (Wildman–Crippen LogP) is 4.14. The van der Waals surface area contributed by atoms with E-state index in [2.05, 4.69) is 25.3 Å². The summed E-state index contributed by atoms with van der Waals surface area (Å²) in [6.07, 6.45) is 5.75. The highest BCUT2D eigenvalue weighted by Gasteiger charge is 2.32. The van der Waals surface area contributed by atoms with Gasteiger partial charge >= 0.3 is 0 Å². The third-order valence-electron chi connectivity index (χ3n) is 6.97. The van der Waals surface area contributed by atoms with E-state index in [1.165, 1.54) is 31.4 Å². The van der Waals surface area contributed by atoms with Crippen LogP contribution in [0.3, 0.4) is 0 Å². The van der Waals surface area contributed by atoms with Crippen LogP contribution in [0.1, 0.15) is 55.6 Å². The highest BCUT2D eigenvalue weighted by Crippen LogP contribution is 2.34. The zero-order valence-electron chi connectivity index (χ0n) is 19.0. The Kier molecular flexibility index (Phi) is 6.48. The van der Waals surface area contributed by atoms with Gasteiger partial charge in [0.05, 0.1) is 17.0 Å². The van der Waals surface area contributed by atoms with E-state index >= 15 is 0 Å². The Morgan fingerprint density at radius 2 is 1.62 bits per heavy atom. The molecule has 3 aromatic rings. The second-order valence-electron chi connectivity index (χ2n) is 9.02. The van der Waals surface area contributed by atoms with Crippen LogP contribution in [0.5, 0.6) is 0 Å². The van der Waals surface area contributed by atoms with Gasteiger partial charge in [0.2, 0.25) is 0 Å². The molecule has 1 aliphatic carbocycles. The van der Waals surface area contributed by atoms with Gasteiger partial charge in [-0.05, 0) is 53.1 Å². The molecule has 1 saturated carbocycles. The normalized spacial score (nSPS) is 18.7. The Balaban J connectivity index is 1.38. The molecule has 9 nitrogen and oxygen atoms in total. The number of hydrogen-bond donors (Lipinski definition) is 0. The number of halogens is 1. The molecule has 1 aliphatic heterocycles. The van der Waals surface area contributed by atoms with Crippen molar-refractivity contribution < 1.29 is 9.31 Å². The molecule has 34 heavy (non-hydrogen) atoms. The van der Waals surface area contributed by atoms with Crippen molar-refractivity contribution in [1.29, 1.82) is 0 Å². The second kappa shape index (κ2) is 9.84. The maximum atomic E-state index is 13.7. The van der Waals surface area contributed by atoms with Crippen LogP contribution >= 0.6 is 0 Å². The van der Waals surface area contributed by atoms with E-state index in [9.17, 15) is 14.5 Å². The van der Waals surface area contributed by atoms with Gasteiger partial charge < -0.3 is 4.90 Å². The Hall–Kier alpha value is -3.40. The molecule has 2 heterocycles. The number of piperazine rings is 1. The van der Waals surface area contributed by atoms with E-state index in [4.69, 9.17) is 0 Å². The first-order valence-electron chi connectivity index (χ1n) is 11.9. The molecule has 0 amide bonds. The standard InChI is InChI=1S/C24H28FN7O2/c25-19-8-6-18(7-9-19)23(24-26-27-28-31(24)21-4-2-1-3-5-21)30-16-14-29(15-17-30)20-10-12-22(13-11-20)32(33)34/h6-13,21,23H,1-5,14-17H2/t23-/m1/s1. The lowest BCUT2D eigenvalue weighted by Crippen LogP contribution is -2.48. The molecule has 2 aromatic carbocycles. The van der Waals surface area contributed by atoms with Crippen LogP contribution in [0, 0.1) is 15.9 Å². The average Bonchev–Trinajstić information content (AvgIpc) is 3.36. The molecule has 2 aliphatic rings. The van der Waals surface area contributed by atoms with Gasteiger partial charge in [-0.3, -0.25) is 15.0 Å². The third-order valence-corrected chi connectivity index (χ3v) is 6.97. The zero-order valence-corrected chi connectivity index (χ0v) is 19.0. The minimum Gasteiger partial charge on any atom is -0.369 e. The summed E-state index contributed by atoms with van der Waals surface area (Å²) in [5.74, 6) is 0.541. The molecule has 0 unspecified atom stereocenters. The fraction of sp³-hybridized carbons (Fsp3) is 0.458. The number of benzene rings is 2. The lowest BCUT2D eigenvalue weighted by Gasteiger charge is -2.40. The van der Waals surface area contributed by atoms with E-state index < -0.39 is 0 Å². The van der Waals surface area contributed by atoms with Crippen LogP contribution in [0.25, 0.3) is 0 Å². The summed E-state index contributed by atoms with van der Waals surface area (Å²) in [6, 6.07) is 13.4. The van der Waals surface area contributed by atoms with Crippen molar-refractivity contribution in [3.05, 3.63) is 75.9 Å². The molecule has 1 atom stereocenters. The molecule has 1 saturated heterocycles. The van der Waals surface area contributed by atoms with Crippen LogP contribution in [0.15, 0.2) is 48.5 Å². The zero-order chi connectivity index (χ0) is 23.5. The number of nitrogens with zero attached hydrogens (tertiary/aromatic N) is 7. The highest BCUT2D eigenvalue weighted by atomic mass is 19.1. The minimum absolute atomic E-state index is 0.0910. The van der Waals surface area contributed by atoms with Gasteiger partial charge in [0.15, 0.2) is 5.82 Å². The van der Waals surface area contributed by atoms with Crippen LogP contribution in [-0.2, 0) is 0 Å². The van der Waals surface area contributed by atoms with Crippen LogP contribution in [0.2, 0.25) is 0 Å². The van der Waals surface area contributed by atoms with E-state index in [-0.39, 0.29) is 22.5 Å². The van der Waals surface area contributed by atoms with Gasteiger partial charge in [-0.1, -0.05) is 31.4 Å².